The summed E-state index contributed by atoms with van der Waals surface area (Å²) in [4.78, 5) is 4.33. The number of nitrogens with two attached hydrogens (primary N) is 1. The third-order valence-corrected chi connectivity index (χ3v) is 4.35. The standard InChI is InChI=1S/C16H21N3/c1-12-6-5-9-14(12)19-11-18-10-15(19)16(17)13-7-3-2-4-8-13/h2-4,7-8,10-12,14,16H,5-6,9,17H2,1H3. The molecular formula is C16H21N3. The first-order chi connectivity index (χ1) is 9.27. The zero-order chi connectivity index (χ0) is 13.2. The van der Waals surface area contributed by atoms with Gasteiger partial charge in [-0.2, -0.15) is 0 Å². The van der Waals surface area contributed by atoms with Crippen LogP contribution in [-0.4, -0.2) is 9.55 Å². The lowest BCUT2D eigenvalue weighted by atomic mass is 10.0. The molecule has 3 rings (SSSR count). The summed E-state index contributed by atoms with van der Waals surface area (Å²) in [7, 11) is 0. The summed E-state index contributed by atoms with van der Waals surface area (Å²) in [6.45, 7) is 2.33. The monoisotopic (exact) mass is 255 g/mol. The Kier molecular flexibility index (Phi) is 3.38. The Morgan fingerprint density at radius 2 is 2.05 bits per heavy atom. The van der Waals surface area contributed by atoms with Gasteiger partial charge in [0.05, 0.1) is 24.3 Å². The smallest absolute Gasteiger partial charge is 0.0951 e. The van der Waals surface area contributed by atoms with Crippen molar-refractivity contribution in [2.45, 2.75) is 38.3 Å². The van der Waals surface area contributed by atoms with Crippen molar-refractivity contribution in [1.29, 1.82) is 0 Å². The fraction of sp³-hybridized carbons (Fsp3) is 0.438. The maximum atomic E-state index is 6.41. The Balaban J connectivity index is 1.92. The van der Waals surface area contributed by atoms with Crippen LogP contribution in [0.2, 0.25) is 0 Å². The van der Waals surface area contributed by atoms with E-state index < -0.39 is 0 Å². The van der Waals surface area contributed by atoms with E-state index in [2.05, 4.69) is 28.6 Å². The number of imidazole rings is 1. The predicted octanol–water partition coefficient (Wildman–Crippen LogP) is 3.29. The molecule has 1 saturated carbocycles. The van der Waals surface area contributed by atoms with Crippen LogP contribution < -0.4 is 5.73 Å². The first kappa shape index (κ1) is 12.4. The maximum Gasteiger partial charge on any atom is 0.0951 e. The van der Waals surface area contributed by atoms with Crippen LogP contribution >= 0.6 is 0 Å². The molecule has 1 aliphatic rings. The normalized spacial score (nSPS) is 24.5. The maximum absolute atomic E-state index is 6.41. The largest absolute Gasteiger partial charge is 0.330 e. The molecule has 0 radical (unpaired) electrons. The topological polar surface area (TPSA) is 43.8 Å². The van der Waals surface area contributed by atoms with E-state index in [0.29, 0.717) is 6.04 Å². The Labute approximate surface area is 114 Å². The van der Waals surface area contributed by atoms with Crippen molar-refractivity contribution in [3.05, 3.63) is 54.1 Å². The molecule has 0 aliphatic heterocycles. The second kappa shape index (κ2) is 5.17. The number of hydrogen-bond donors (Lipinski definition) is 1. The number of aromatic nitrogens is 2. The average molecular weight is 255 g/mol. The van der Waals surface area contributed by atoms with E-state index in [1.807, 2.05) is 30.7 Å². The van der Waals surface area contributed by atoms with Crippen molar-refractivity contribution >= 4 is 0 Å². The minimum absolute atomic E-state index is 0.0866. The second-order valence-electron chi connectivity index (χ2n) is 5.59. The summed E-state index contributed by atoms with van der Waals surface area (Å²) in [5.74, 6) is 0.718. The van der Waals surface area contributed by atoms with Crippen LogP contribution in [0.15, 0.2) is 42.9 Å². The molecule has 1 fully saturated rings. The van der Waals surface area contributed by atoms with Gasteiger partial charge in [0.25, 0.3) is 0 Å². The highest BCUT2D eigenvalue weighted by Crippen LogP contribution is 2.37. The van der Waals surface area contributed by atoms with Gasteiger partial charge in [-0.3, -0.25) is 0 Å². The molecule has 1 aromatic heterocycles. The van der Waals surface area contributed by atoms with E-state index in [1.165, 1.54) is 19.3 Å². The molecule has 2 N–H and O–H groups in total. The van der Waals surface area contributed by atoms with E-state index in [0.717, 1.165) is 17.2 Å². The first-order valence-electron chi connectivity index (χ1n) is 7.09. The molecular weight excluding hydrogens is 234 g/mol. The Morgan fingerprint density at radius 3 is 2.74 bits per heavy atom. The minimum atomic E-state index is -0.0866. The van der Waals surface area contributed by atoms with Gasteiger partial charge in [-0.1, -0.05) is 43.7 Å². The van der Waals surface area contributed by atoms with Crippen molar-refractivity contribution < 1.29 is 0 Å². The van der Waals surface area contributed by atoms with Crippen molar-refractivity contribution in [1.82, 2.24) is 9.55 Å². The molecule has 3 heteroatoms. The molecule has 3 atom stereocenters. The zero-order valence-electron chi connectivity index (χ0n) is 11.4. The molecule has 3 nitrogen and oxygen atoms in total. The molecule has 0 bridgehead atoms. The van der Waals surface area contributed by atoms with E-state index in [1.54, 1.807) is 0 Å². The zero-order valence-corrected chi connectivity index (χ0v) is 11.4. The average Bonchev–Trinajstić information content (AvgIpc) is 3.07. The number of benzene rings is 1. The molecule has 19 heavy (non-hydrogen) atoms. The molecule has 1 heterocycles. The summed E-state index contributed by atoms with van der Waals surface area (Å²) < 4.78 is 2.30. The summed E-state index contributed by atoms with van der Waals surface area (Å²) in [6.07, 6.45) is 7.73. The van der Waals surface area contributed by atoms with E-state index in [4.69, 9.17) is 5.73 Å². The fourth-order valence-electron chi connectivity index (χ4n) is 3.20. The van der Waals surface area contributed by atoms with Crippen LogP contribution in [0.3, 0.4) is 0 Å². The highest BCUT2D eigenvalue weighted by atomic mass is 15.1. The number of hydrogen-bond acceptors (Lipinski definition) is 2. The third kappa shape index (κ3) is 2.30. The molecule has 1 aromatic carbocycles. The Bertz CT molecular complexity index is 532. The van der Waals surface area contributed by atoms with Crippen LogP contribution in [0.5, 0.6) is 0 Å². The van der Waals surface area contributed by atoms with Gasteiger partial charge in [-0.05, 0) is 24.3 Å². The minimum Gasteiger partial charge on any atom is -0.330 e. The number of nitrogens with zero attached hydrogens (tertiary/aromatic N) is 2. The summed E-state index contributed by atoms with van der Waals surface area (Å²) in [5, 5.41) is 0. The highest BCUT2D eigenvalue weighted by molar-refractivity contribution is 5.26. The van der Waals surface area contributed by atoms with Crippen LogP contribution in [0.25, 0.3) is 0 Å². The molecule has 2 aromatic rings. The lowest BCUT2D eigenvalue weighted by Gasteiger charge is -2.23. The molecule has 0 saturated heterocycles. The Hall–Kier alpha value is -1.61. The van der Waals surface area contributed by atoms with Crippen molar-refractivity contribution in [3.8, 4) is 0 Å². The van der Waals surface area contributed by atoms with Gasteiger partial charge in [-0.15, -0.1) is 0 Å². The van der Waals surface area contributed by atoms with Crippen molar-refractivity contribution in [2.75, 3.05) is 0 Å². The quantitative estimate of drug-likeness (QED) is 0.914. The van der Waals surface area contributed by atoms with E-state index >= 15 is 0 Å². The van der Waals surface area contributed by atoms with Crippen LogP contribution in [-0.2, 0) is 0 Å². The Morgan fingerprint density at radius 1 is 1.26 bits per heavy atom. The molecule has 0 spiro atoms. The van der Waals surface area contributed by atoms with Gasteiger partial charge < -0.3 is 10.3 Å². The molecule has 1 aliphatic carbocycles. The predicted molar refractivity (Wildman–Crippen MR) is 76.8 cm³/mol. The molecule has 0 amide bonds. The van der Waals surface area contributed by atoms with Gasteiger partial charge in [0.2, 0.25) is 0 Å². The van der Waals surface area contributed by atoms with Gasteiger partial charge in [0.1, 0.15) is 0 Å². The summed E-state index contributed by atoms with van der Waals surface area (Å²) >= 11 is 0. The van der Waals surface area contributed by atoms with E-state index in [-0.39, 0.29) is 6.04 Å². The van der Waals surface area contributed by atoms with Crippen LogP contribution in [0.4, 0.5) is 0 Å². The van der Waals surface area contributed by atoms with E-state index in [9.17, 15) is 0 Å². The second-order valence-corrected chi connectivity index (χ2v) is 5.59. The van der Waals surface area contributed by atoms with Gasteiger partial charge in [0, 0.05) is 6.04 Å². The third-order valence-electron chi connectivity index (χ3n) is 4.35. The van der Waals surface area contributed by atoms with Crippen molar-refractivity contribution in [3.63, 3.8) is 0 Å². The van der Waals surface area contributed by atoms with Crippen LogP contribution in [0, 0.1) is 5.92 Å². The van der Waals surface area contributed by atoms with Gasteiger partial charge in [-0.25, -0.2) is 4.98 Å². The lowest BCUT2D eigenvalue weighted by Crippen LogP contribution is -2.20. The highest BCUT2D eigenvalue weighted by Gasteiger charge is 2.27. The van der Waals surface area contributed by atoms with Gasteiger partial charge >= 0.3 is 0 Å². The van der Waals surface area contributed by atoms with Crippen LogP contribution in [0.1, 0.15) is 49.5 Å². The van der Waals surface area contributed by atoms with Gasteiger partial charge in [0.15, 0.2) is 0 Å². The summed E-state index contributed by atoms with van der Waals surface area (Å²) in [6, 6.07) is 10.7. The molecule has 100 valence electrons. The number of rotatable bonds is 3. The first-order valence-corrected chi connectivity index (χ1v) is 7.09. The summed E-state index contributed by atoms with van der Waals surface area (Å²) in [5.41, 5.74) is 8.69. The fourth-order valence-corrected chi connectivity index (χ4v) is 3.20. The SMILES string of the molecule is CC1CCCC1n1cncc1C(N)c1ccccc1. The lowest BCUT2D eigenvalue weighted by molar-refractivity contribution is 0.394. The van der Waals surface area contributed by atoms with Crippen molar-refractivity contribution in [2.24, 2.45) is 11.7 Å². The molecule has 3 unspecified atom stereocenters.